The maximum atomic E-state index is 12.3. The summed E-state index contributed by atoms with van der Waals surface area (Å²) < 4.78 is 31.0. The van der Waals surface area contributed by atoms with Crippen LogP contribution < -0.4 is 10.6 Å². The summed E-state index contributed by atoms with van der Waals surface area (Å²) in [4.78, 5) is 4.78. The Bertz CT molecular complexity index is 640. The molecule has 0 unspecified atom stereocenters. The van der Waals surface area contributed by atoms with E-state index in [4.69, 9.17) is 4.74 Å². The molecule has 0 radical (unpaired) electrons. The number of nitrogens with one attached hydrogen (secondary N) is 2. The lowest BCUT2D eigenvalue weighted by atomic mass is 10.4. The molecule has 0 fully saturated rings. The van der Waals surface area contributed by atoms with Crippen molar-refractivity contribution < 1.29 is 13.2 Å². The van der Waals surface area contributed by atoms with Crippen LogP contribution in [0.25, 0.3) is 0 Å². The smallest absolute Gasteiger partial charge is 0.191 e. The number of sulfone groups is 1. The molecule has 0 bridgehead atoms. The molecule has 156 valence electrons. The second-order valence-electron chi connectivity index (χ2n) is 5.78. The molecule has 0 aliphatic heterocycles. The summed E-state index contributed by atoms with van der Waals surface area (Å²) in [7, 11) is -3.31. The molecule has 0 aromatic heterocycles. The van der Waals surface area contributed by atoms with E-state index in [1.807, 2.05) is 6.92 Å². The highest BCUT2D eigenvalue weighted by atomic mass is 127. The fraction of sp³-hybridized carbons (Fsp3) is 0.611. The monoisotopic (exact) mass is 575 g/mol. The van der Waals surface area contributed by atoms with Crippen LogP contribution in [0.5, 0.6) is 0 Å². The molecular weight excluding hydrogens is 545 g/mol. The third-order valence-electron chi connectivity index (χ3n) is 3.54. The third-order valence-corrected chi connectivity index (χ3v) is 5.80. The van der Waals surface area contributed by atoms with Gasteiger partial charge in [-0.1, -0.05) is 29.3 Å². The number of ether oxygens (including phenoxy) is 1. The fourth-order valence-corrected chi connectivity index (χ4v) is 3.53. The molecule has 1 rings (SSSR count). The van der Waals surface area contributed by atoms with Crippen molar-refractivity contribution in [2.45, 2.75) is 38.0 Å². The minimum absolute atomic E-state index is 0. The van der Waals surface area contributed by atoms with E-state index in [1.54, 1.807) is 24.3 Å². The zero-order valence-electron chi connectivity index (χ0n) is 16.0. The summed E-state index contributed by atoms with van der Waals surface area (Å²) >= 11 is 3.31. The Morgan fingerprint density at radius 3 is 2.41 bits per heavy atom. The first-order chi connectivity index (χ1) is 12.5. The minimum Gasteiger partial charge on any atom is -0.381 e. The van der Waals surface area contributed by atoms with Crippen LogP contribution in [0.15, 0.2) is 38.6 Å². The standard InChI is InChI=1S/C18H30BrN3O3S.HI/c1-3-5-13-25-14-6-11-21-18(20-4-2)22-12-15-26(23,24)17-9-7-16(19)8-10-17;/h7-10H,3-6,11-15H2,1-2H3,(H2,20,21,22);1H. The van der Waals surface area contributed by atoms with Gasteiger partial charge in [0.25, 0.3) is 0 Å². The summed E-state index contributed by atoms with van der Waals surface area (Å²) in [6.45, 7) is 7.27. The quantitative estimate of drug-likeness (QED) is 0.172. The largest absolute Gasteiger partial charge is 0.381 e. The molecule has 1 aromatic rings. The number of benzene rings is 1. The molecule has 0 aliphatic carbocycles. The zero-order valence-corrected chi connectivity index (χ0v) is 20.8. The first-order valence-electron chi connectivity index (χ1n) is 9.07. The molecule has 0 saturated heterocycles. The lowest BCUT2D eigenvalue weighted by Gasteiger charge is -2.11. The number of unbranched alkanes of at least 4 members (excludes halogenated alkanes) is 1. The molecule has 9 heteroatoms. The number of guanidine groups is 1. The highest BCUT2D eigenvalue weighted by Gasteiger charge is 2.14. The van der Waals surface area contributed by atoms with E-state index in [0.717, 1.165) is 36.9 Å². The summed E-state index contributed by atoms with van der Waals surface area (Å²) in [5.74, 6) is 0.645. The maximum absolute atomic E-state index is 12.3. The van der Waals surface area contributed by atoms with Crippen molar-refractivity contribution in [3.8, 4) is 0 Å². The van der Waals surface area contributed by atoms with Gasteiger partial charge in [-0.3, -0.25) is 4.99 Å². The van der Waals surface area contributed by atoms with Crippen molar-refractivity contribution in [3.63, 3.8) is 0 Å². The predicted octanol–water partition coefficient (Wildman–Crippen LogP) is 3.60. The van der Waals surface area contributed by atoms with Crippen molar-refractivity contribution in [1.29, 1.82) is 0 Å². The normalized spacial score (nSPS) is 11.7. The van der Waals surface area contributed by atoms with Gasteiger partial charge in [-0.15, -0.1) is 24.0 Å². The van der Waals surface area contributed by atoms with Crippen molar-refractivity contribution in [3.05, 3.63) is 28.7 Å². The van der Waals surface area contributed by atoms with Crippen LogP contribution in [0, 0.1) is 0 Å². The van der Waals surface area contributed by atoms with Crippen LogP contribution >= 0.6 is 39.9 Å². The maximum Gasteiger partial charge on any atom is 0.191 e. The lowest BCUT2D eigenvalue weighted by Crippen LogP contribution is -2.39. The number of aliphatic imine (C=N–C) groups is 1. The molecule has 0 spiro atoms. The molecule has 0 amide bonds. The van der Waals surface area contributed by atoms with E-state index >= 15 is 0 Å². The van der Waals surface area contributed by atoms with E-state index < -0.39 is 9.84 Å². The van der Waals surface area contributed by atoms with Crippen LogP contribution in [0.4, 0.5) is 0 Å². The van der Waals surface area contributed by atoms with E-state index in [9.17, 15) is 8.42 Å². The van der Waals surface area contributed by atoms with Crippen LogP contribution in [0.2, 0.25) is 0 Å². The van der Waals surface area contributed by atoms with E-state index in [0.29, 0.717) is 30.6 Å². The van der Waals surface area contributed by atoms with Crippen molar-refractivity contribution in [1.82, 2.24) is 10.6 Å². The fourth-order valence-electron chi connectivity index (χ4n) is 2.11. The summed E-state index contributed by atoms with van der Waals surface area (Å²) in [6.07, 6.45) is 3.06. The topological polar surface area (TPSA) is 79.8 Å². The molecule has 0 aliphatic rings. The van der Waals surface area contributed by atoms with Gasteiger partial charge in [-0.25, -0.2) is 8.42 Å². The first kappa shape index (κ1) is 26.6. The number of hydrogen-bond acceptors (Lipinski definition) is 4. The van der Waals surface area contributed by atoms with Crippen LogP contribution in [-0.2, 0) is 14.6 Å². The molecule has 1 aromatic carbocycles. The second kappa shape index (κ2) is 15.5. The molecule has 0 heterocycles. The van der Waals surface area contributed by atoms with E-state index in [2.05, 4.69) is 38.5 Å². The molecule has 0 saturated carbocycles. The van der Waals surface area contributed by atoms with Crippen molar-refractivity contribution in [2.24, 2.45) is 4.99 Å². The predicted molar refractivity (Wildman–Crippen MR) is 126 cm³/mol. The second-order valence-corrected chi connectivity index (χ2v) is 8.80. The number of nitrogens with zero attached hydrogens (tertiary/aromatic N) is 1. The highest BCUT2D eigenvalue weighted by molar-refractivity contribution is 14.0. The summed E-state index contributed by atoms with van der Waals surface area (Å²) in [5.41, 5.74) is 0. The highest BCUT2D eigenvalue weighted by Crippen LogP contribution is 2.15. The van der Waals surface area contributed by atoms with Crippen LogP contribution in [0.1, 0.15) is 33.1 Å². The zero-order chi connectivity index (χ0) is 19.3. The van der Waals surface area contributed by atoms with Crippen LogP contribution in [0.3, 0.4) is 0 Å². The van der Waals surface area contributed by atoms with Gasteiger partial charge in [0.2, 0.25) is 0 Å². The summed E-state index contributed by atoms with van der Waals surface area (Å²) in [5, 5.41) is 6.20. The van der Waals surface area contributed by atoms with Gasteiger partial charge in [0.1, 0.15) is 0 Å². The Balaban J connectivity index is 0.00000676. The van der Waals surface area contributed by atoms with Gasteiger partial charge in [0, 0.05) is 37.3 Å². The Morgan fingerprint density at radius 2 is 1.78 bits per heavy atom. The van der Waals surface area contributed by atoms with Gasteiger partial charge >= 0.3 is 0 Å². The Hall–Kier alpha value is -0.390. The van der Waals surface area contributed by atoms with Crippen molar-refractivity contribution >= 4 is 55.7 Å². The average Bonchev–Trinajstić information content (AvgIpc) is 2.61. The Kier molecular flexibility index (Phi) is 15.3. The van der Waals surface area contributed by atoms with Gasteiger partial charge in [-0.05, 0) is 44.0 Å². The van der Waals surface area contributed by atoms with Gasteiger partial charge < -0.3 is 15.4 Å². The number of rotatable bonds is 12. The minimum atomic E-state index is -3.31. The molecule has 2 N–H and O–H groups in total. The lowest BCUT2D eigenvalue weighted by molar-refractivity contribution is 0.130. The van der Waals surface area contributed by atoms with E-state index in [1.165, 1.54) is 0 Å². The molecule has 0 atom stereocenters. The first-order valence-corrected chi connectivity index (χ1v) is 11.5. The molecule has 6 nitrogen and oxygen atoms in total. The SMILES string of the molecule is CCCCOCCCN=C(NCC)NCCS(=O)(=O)c1ccc(Br)cc1.I. The van der Waals surface area contributed by atoms with Crippen LogP contribution in [-0.4, -0.2) is 53.0 Å². The van der Waals surface area contributed by atoms with Gasteiger partial charge in [-0.2, -0.15) is 0 Å². The Morgan fingerprint density at radius 1 is 1.11 bits per heavy atom. The third kappa shape index (κ3) is 11.9. The van der Waals surface area contributed by atoms with Gasteiger partial charge in [0.15, 0.2) is 15.8 Å². The summed E-state index contributed by atoms with van der Waals surface area (Å²) in [6, 6.07) is 6.68. The number of halogens is 2. The van der Waals surface area contributed by atoms with Crippen molar-refractivity contribution in [2.75, 3.05) is 38.6 Å². The molecular formula is C18H31BrIN3O3S. The van der Waals surface area contributed by atoms with Gasteiger partial charge in [0.05, 0.1) is 10.6 Å². The average molecular weight is 576 g/mol. The molecule has 27 heavy (non-hydrogen) atoms. The Labute approximate surface area is 189 Å². The number of hydrogen-bond donors (Lipinski definition) is 2. The van der Waals surface area contributed by atoms with E-state index in [-0.39, 0.29) is 29.7 Å².